The van der Waals surface area contributed by atoms with E-state index in [1.54, 1.807) is 6.20 Å². The Bertz CT molecular complexity index is 598. The highest BCUT2D eigenvalue weighted by molar-refractivity contribution is 9.10. The highest BCUT2D eigenvalue weighted by atomic mass is 79.9. The number of nitrogen functional groups attached to an aromatic ring is 1. The Labute approximate surface area is 120 Å². The molecule has 0 saturated carbocycles. The van der Waals surface area contributed by atoms with Crippen LogP contribution in [0.1, 0.15) is 11.1 Å². The van der Waals surface area contributed by atoms with Crippen LogP contribution in [0.15, 0.2) is 47.2 Å². The van der Waals surface area contributed by atoms with Gasteiger partial charge >= 0.3 is 0 Å². The summed E-state index contributed by atoms with van der Waals surface area (Å²) in [5, 5.41) is 7.47. The van der Waals surface area contributed by atoms with Crippen molar-refractivity contribution in [2.24, 2.45) is 5.73 Å². The second-order valence-corrected chi connectivity index (χ2v) is 5.25. The van der Waals surface area contributed by atoms with E-state index in [2.05, 4.69) is 25.8 Å². The third kappa shape index (κ3) is 3.54. The summed E-state index contributed by atoms with van der Waals surface area (Å²) < 4.78 is 0.968. The second-order valence-electron chi connectivity index (χ2n) is 4.33. The third-order valence-corrected chi connectivity index (χ3v) is 3.21. The minimum atomic E-state index is 0.0828. The molecular weight excluding hydrogens is 304 g/mol. The summed E-state index contributed by atoms with van der Waals surface area (Å²) in [5.41, 5.74) is 8.37. The number of amidine groups is 1. The van der Waals surface area contributed by atoms with Crippen LogP contribution in [0.4, 0.5) is 5.69 Å². The highest BCUT2D eigenvalue weighted by Crippen LogP contribution is 2.18. The van der Waals surface area contributed by atoms with Gasteiger partial charge in [-0.15, -0.1) is 0 Å². The fraction of sp³-hybridized carbons (Fsp3) is 0.143. The van der Waals surface area contributed by atoms with Crippen molar-refractivity contribution in [1.29, 1.82) is 5.41 Å². The summed E-state index contributed by atoms with van der Waals surface area (Å²) >= 11 is 3.41. The molecule has 0 radical (unpaired) electrons. The van der Waals surface area contributed by atoms with Crippen molar-refractivity contribution >= 4 is 27.5 Å². The van der Waals surface area contributed by atoms with E-state index >= 15 is 0 Å². The van der Waals surface area contributed by atoms with Crippen LogP contribution in [-0.4, -0.2) is 17.9 Å². The van der Waals surface area contributed by atoms with Gasteiger partial charge in [-0.1, -0.05) is 12.1 Å². The smallest absolute Gasteiger partial charge is 0.122 e. The number of nitrogens with one attached hydrogen (secondary N) is 1. The molecule has 4 nitrogen and oxygen atoms in total. The minimum Gasteiger partial charge on any atom is -0.384 e. The summed E-state index contributed by atoms with van der Waals surface area (Å²) in [6.07, 6.45) is 3.61. The Balaban J connectivity index is 2.18. The lowest BCUT2D eigenvalue weighted by Crippen LogP contribution is -2.18. The number of rotatable bonds is 4. The molecule has 98 valence electrons. The molecule has 1 aromatic carbocycles. The molecule has 0 atom stereocenters. The van der Waals surface area contributed by atoms with E-state index in [1.165, 1.54) is 0 Å². The molecule has 2 rings (SSSR count). The number of hydrogen-bond donors (Lipinski definition) is 2. The Hall–Kier alpha value is -1.88. The zero-order chi connectivity index (χ0) is 13.8. The molecule has 1 aromatic heterocycles. The largest absolute Gasteiger partial charge is 0.384 e. The second kappa shape index (κ2) is 5.84. The number of nitrogens with two attached hydrogens (primary N) is 1. The topological polar surface area (TPSA) is 66.0 Å². The number of halogens is 1. The van der Waals surface area contributed by atoms with Crippen LogP contribution >= 0.6 is 15.9 Å². The highest BCUT2D eigenvalue weighted by Gasteiger charge is 2.05. The molecule has 0 aliphatic heterocycles. The molecule has 0 spiro atoms. The Morgan fingerprint density at radius 3 is 2.84 bits per heavy atom. The van der Waals surface area contributed by atoms with Gasteiger partial charge in [0.1, 0.15) is 5.84 Å². The number of pyridine rings is 1. The normalized spacial score (nSPS) is 10.2. The number of benzene rings is 1. The fourth-order valence-corrected chi connectivity index (χ4v) is 2.23. The lowest BCUT2D eigenvalue weighted by Gasteiger charge is -2.20. The van der Waals surface area contributed by atoms with Crippen molar-refractivity contribution < 1.29 is 0 Å². The zero-order valence-corrected chi connectivity index (χ0v) is 12.2. The van der Waals surface area contributed by atoms with Gasteiger partial charge in [-0.2, -0.15) is 0 Å². The molecular formula is C14H15BrN4. The summed E-state index contributed by atoms with van der Waals surface area (Å²) in [5.74, 6) is 0.0828. The van der Waals surface area contributed by atoms with Crippen molar-refractivity contribution in [3.05, 3.63) is 58.3 Å². The molecule has 0 aliphatic rings. The molecule has 0 unspecified atom stereocenters. The maximum atomic E-state index is 7.47. The maximum absolute atomic E-state index is 7.47. The summed E-state index contributed by atoms with van der Waals surface area (Å²) in [6, 6.07) is 9.69. The first kappa shape index (κ1) is 13.5. The van der Waals surface area contributed by atoms with Crippen LogP contribution in [-0.2, 0) is 6.54 Å². The average Bonchev–Trinajstić information content (AvgIpc) is 2.39. The van der Waals surface area contributed by atoms with Crippen LogP contribution in [0.3, 0.4) is 0 Å². The quantitative estimate of drug-likeness (QED) is 0.673. The fourth-order valence-electron chi connectivity index (χ4n) is 1.82. The SMILES string of the molecule is CN(Cc1cncc(Br)c1)c1cccc(C(=N)N)c1. The number of nitrogens with zero attached hydrogens (tertiary/aromatic N) is 2. The van der Waals surface area contributed by atoms with Gasteiger partial charge in [0.25, 0.3) is 0 Å². The lowest BCUT2D eigenvalue weighted by molar-refractivity contribution is 0.913. The predicted molar refractivity (Wildman–Crippen MR) is 81.5 cm³/mol. The number of hydrogen-bond acceptors (Lipinski definition) is 3. The zero-order valence-electron chi connectivity index (χ0n) is 10.6. The monoisotopic (exact) mass is 318 g/mol. The number of anilines is 1. The molecule has 2 aromatic rings. The van der Waals surface area contributed by atoms with Gasteiger partial charge in [0.2, 0.25) is 0 Å². The van der Waals surface area contributed by atoms with Crippen molar-refractivity contribution in [2.75, 3.05) is 11.9 Å². The van der Waals surface area contributed by atoms with E-state index in [9.17, 15) is 0 Å². The summed E-state index contributed by atoms with van der Waals surface area (Å²) in [6.45, 7) is 0.744. The Kier molecular flexibility index (Phi) is 4.16. The van der Waals surface area contributed by atoms with Crippen LogP contribution in [0.25, 0.3) is 0 Å². The first-order valence-electron chi connectivity index (χ1n) is 5.81. The molecule has 0 bridgehead atoms. The molecule has 0 aliphatic carbocycles. The van der Waals surface area contributed by atoms with Crippen molar-refractivity contribution in [1.82, 2.24) is 4.98 Å². The summed E-state index contributed by atoms with van der Waals surface area (Å²) in [4.78, 5) is 6.24. The molecule has 0 saturated heterocycles. The van der Waals surface area contributed by atoms with E-state index in [-0.39, 0.29) is 5.84 Å². The minimum absolute atomic E-state index is 0.0828. The van der Waals surface area contributed by atoms with E-state index < -0.39 is 0 Å². The number of aromatic nitrogens is 1. The van der Waals surface area contributed by atoms with Gasteiger partial charge in [-0.3, -0.25) is 10.4 Å². The van der Waals surface area contributed by atoms with Gasteiger partial charge in [-0.05, 0) is 39.7 Å². The van der Waals surface area contributed by atoms with Crippen LogP contribution in [0.5, 0.6) is 0 Å². The Morgan fingerprint density at radius 2 is 2.16 bits per heavy atom. The van der Waals surface area contributed by atoms with Crippen LogP contribution < -0.4 is 10.6 Å². The van der Waals surface area contributed by atoms with Crippen molar-refractivity contribution in [2.45, 2.75) is 6.54 Å². The standard InChI is InChI=1S/C14H15BrN4/c1-19(9-10-5-12(15)8-18-7-10)13-4-2-3-11(6-13)14(16)17/h2-8H,9H2,1H3,(H3,16,17). The van der Waals surface area contributed by atoms with E-state index in [0.717, 1.165) is 27.8 Å². The molecule has 5 heteroatoms. The Morgan fingerprint density at radius 1 is 1.37 bits per heavy atom. The van der Waals surface area contributed by atoms with Gasteiger partial charge in [0.05, 0.1) is 0 Å². The maximum Gasteiger partial charge on any atom is 0.122 e. The van der Waals surface area contributed by atoms with E-state index in [4.69, 9.17) is 11.1 Å². The van der Waals surface area contributed by atoms with Gasteiger partial charge in [-0.25, -0.2) is 0 Å². The van der Waals surface area contributed by atoms with Gasteiger partial charge in [0, 0.05) is 41.7 Å². The average molecular weight is 319 g/mol. The molecule has 1 heterocycles. The molecule has 0 fully saturated rings. The van der Waals surface area contributed by atoms with E-state index in [0.29, 0.717) is 0 Å². The lowest BCUT2D eigenvalue weighted by atomic mass is 10.1. The van der Waals surface area contributed by atoms with Crippen molar-refractivity contribution in [3.8, 4) is 0 Å². The van der Waals surface area contributed by atoms with Gasteiger partial charge < -0.3 is 10.6 Å². The molecule has 0 amide bonds. The first-order valence-corrected chi connectivity index (χ1v) is 6.60. The molecule has 3 N–H and O–H groups in total. The first-order chi connectivity index (χ1) is 9.06. The van der Waals surface area contributed by atoms with Crippen LogP contribution in [0, 0.1) is 5.41 Å². The third-order valence-electron chi connectivity index (χ3n) is 2.78. The predicted octanol–water partition coefficient (Wildman–Crippen LogP) is 2.76. The van der Waals surface area contributed by atoms with Gasteiger partial charge in [0.15, 0.2) is 0 Å². The van der Waals surface area contributed by atoms with E-state index in [1.807, 2.05) is 43.6 Å². The van der Waals surface area contributed by atoms with Crippen molar-refractivity contribution in [3.63, 3.8) is 0 Å². The van der Waals surface area contributed by atoms with Crippen LogP contribution in [0.2, 0.25) is 0 Å². The summed E-state index contributed by atoms with van der Waals surface area (Å²) in [7, 11) is 2.00. The molecule has 19 heavy (non-hydrogen) atoms.